The van der Waals surface area contributed by atoms with E-state index in [1.54, 1.807) is 12.1 Å². The molecule has 1 aliphatic heterocycles. The van der Waals surface area contributed by atoms with Crippen molar-refractivity contribution >= 4 is 49.1 Å². The Kier molecular flexibility index (Phi) is 7.94. The molecular formula is C24H25ClN4O5S2. The molecule has 9 nitrogen and oxygen atoms in total. The SMILES string of the molecule is O=C(Nc1ccc(S(=O)(=O)Nc2ccccn2)cc1)c1ccc(Cl)c(S(=O)(=O)N2CCCCCC2)c1. The highest BCUT2D eigenvalue weighted by molar-refractivity contribution is 7.92. The number of hydrogen-bond donors (Lipinski definition) is 2. The van der Waals surface area contributed by atoms with Crippen LogP contribution in [-0.4, -0.2) is 45.1 Å². The molecule has 1 aromatic heterocycles. The fourth-order valence-electron chi connectivity index (χ4n) is 3.80. The van der Waals surface area contributed by atoms with Gasteiger partial charge in [-0.15, -0.1) is 0 Å². The molecule has 0 unspecified atom stereocenters. The van der Waals surface area contributed by atoms with Gasteiger partial charge < -0.3 is 5.32 Å². The standard InChI is InChI=1S/C24H25ClN4O5S2/c25-21-13-8-18(17-22(21)36(33,34)29-15-5-1-2-6-16-29)24(30)27-19-9-11-20(12-10-19)35(31,32)28-23-7-3-4-14-26-23/h3-4,7-14,17H,1-2,5-6,15-16H2,(H,26,28)(H,27,30). The molecular weight excluding hydrogens is 524 g/mol. The van der Waals surface area contributed by atoms with E-state index in [0.717, 1.165) is 25.7 Å². The molecule has 0 bridgehead atoms. The van der Waals surface area contributed by atoms with Crippen molar-refractivity contribution in [3.05, 3.63) is 77.4 Å². The summed E-state index contributed by atoms with van der Waals surface area (Å²) in [7, 11) is -7.71. The number of carbonyl (C=O) groups excluding carboxylic acids is 1. The summed E-state index contributed by atoms with van der Waals surface area (Å²) in [5.74, 6) is -0.371. The van der Waals surface area contributed by atoms with E-state index in [9.17, 15) is 21.6 Å². The predicted molar refractivity (Wildman–Crippen MR) is 138 cm³/mol. The third-order valence-electron chi connectivity index (χ3n) is 5.70. The average Bonchev–Trinajstić information content (AvgIpc) is 3.15. The Balaban J connectivity index is 1.50. The molecule has 1 saturated heterocycles. The Bertz CT molecular complexity index is 1440. The maximum atomic E-state index is 13.2. The number of amides is 1. The van der Waals surface area contributed by atoms with E-state index in [1.165, 1.54) is 59.0 Å². The molecule has 3 aromatic rings. The van der Waals surface area contributed by atoms with Crippen molar-refractivity contribution in [1.29, 1.82) is 0 Å². The topological polar surface area (TPSA) is 126 Å². The first kappa shape index (κ1) is 26.1. The lowest BCUT2D eigenvalue weighted by Crippen LogP contribution is -2.32. The molecule has 0 spiro atoms. The van der Waals surface area contributed by atoms with Crippen molar-refractivity contribution in [2.24, 2.45) is 0 Å². The first-order chi connectivity index (χ1) is 17.2. The van der Waals surface area contributed by atoms with Crippen LogP contribution in [0.2, 0.25) is 5.02 Å². The Labute approximate surface area is 215 Å². The largest absolute Gasteiger partial charge is 0.322 e. The zero-order valence-electron chi connectivity index (χ0n) is 19.2. The Morgan fingerprint density at radius 3 is 2.22 bits per heavy atom. The second kappa shape index (κ2) is 11.0. The minimum atomic E-state index is -3.86. The number of anilines is 2. The number of hydrogen-bond acceptors (Lipinski definition) is 6. The molecule has 36 heavy (non-hydrogen) atoms. The highest BCUT2D eigenvalue weighted by Crippen LogP contribution is 2.28. The van der Waals surface area contributed by atoms with Crippen molar-refractivity contribution < 1.29 is 21.6 Å². The van der Waals surface area contributed by atoms with Crippen LogP contribution < -0.4 is 10.0 Å². The lowest BCUT2D eigenvalue weighted by molar-refractivity contribution is 0.102. The third kappa shape index (κ3) is 6.04. The van der Waals surface area contributed by atoms with Crippen molar-refractivity contribution in [3.63, 3.8) is 0 Å². The van der Waals surface area contributed by atoms with Gasteiger partial charge in [-0.2, -0.15) is 4.31 Å². The minimum Gasteiger partial charge on any atom is -0.322 e. The third-order valence-corrected chi connectivity index (χ3v) is 9.45. The van der Waals surface area contributed by atoms with Gasteiger partial charge in [0, 0.05) is 30.5 Å². The summed E-state index contributed by atoms with van der Waals surface area (Å²) in [4.78, 5) is 16.7. The Morgan fingerprint density at radius 2 is 1.58 bits per heavy atom. The van der Waals surface area contributed by atoms with Crippen LogP contribution >= 0.6 is 11.6 Å². The number of halogens is 1. The minimum absolute atomic E-state index is 0.0107. The van der Waals surface area contributed by atoms with Crippen molar-refractivity contribution in [1.82, 2.24) is 9.29 Å². The van der Waals surface area contributed by atoms with E-state index < -0.39 is 26.0 Å². The molecule has 2 aromatic carbocycles. The number of nitrogens with zero attached hydrogens (tertiary/aromatic N) is 2. The summed E-state index contributed by atoms with van der Waals surface area (Å²) in [6.45, 7) is 0.832. The van der Waals surface area contributed by atoms with Crippen molar-refractivity contribution in [2.75, 3.05) is 23.1 Å². The first-order valence-corrected chi connectivity index (χ1v) is 14.6. The number of pyridine rings is 1. The van der Waals surface area contributed by atoms with Gasteiger partial charge in [0.2, 0.25) is 10.0 Å². The van der Waals surface area contributed by atoms with Crippen LogP contribution in [0.15, 0.2) is 76.7 Å². The highest BCUT2D eigenvalue weighted by atomic mass is 35.5. The van der Waals surface area contributed by atoms with Crippen LogP contribution in [0.4, 0.5) is 11.5 Å². The summed E-state index contributed by atoms with van der Waals surface area (Å²) >= 11 is 6.22. The molecule has 0 radical (unpaired) electrons. The summed E-state index contributed by atoms with van der Waals surface area (Å²) in [5.41, 5.74) is 0.449. The number of sulfonamides is 2. The summed E-state index contributed by atoms with van der Waals surface area (Å²) in [6, 6.07) is 14.5. The number of carbonyl (C=O) groups is 1. The van der Waals surface area contributed by atoms with E-state index in [-0.39, 0.29) is 26.2 Å². The summed E-state index contributed by atoms with van der Waals surface area (Å²) < 4.78 is 55.3. The van der Waals surface area contributed by atoms with E-state index in [1.807, 2.05) is 0 Å². The maximum absolute atomic E-state index is 13.2. The lowest BCUT2D eigenvalue weighted by atomic mass is 10.2. The van der Waals surface area contributed by atoms with Crippen LogP contribution in [0.5, 0.6) is 0 Å². The van der Waals surface area contributed by atoms with Crippen molar-refractivity contribution in [2.45, 2.75) is 35.5 Å². The molecule has 2 heterocycles. The Hall–Kier alpha value is -2.99. The lowest BCUT2D eigenvalue weighted by Gasteiger charge is -2.21. The normalized spacial score (nSPS) is 15.1. The van der Waals surface area contributed by atoms with Gasteiger partial charge in [0.05, 0.1) is 9.92 Å². The van der Waals surface area contributed by atoms with Crippen LogP contribution in [0, 0.1) is 0 Å². The zero-order valence-corrected chi connectivity index (χ0v) is 21.6. The average molecular weight is 549 g/mol. The first-order valence-electron chi connectivity index (χ1n) is 11.3. The van der Waals surface area contributed by atoms with Gasteiger partial charge in [0.1, 0.15) is 10.7 Å². The molecule has 1 amide bonds. The van der Waals surface area contributed by atoms with Gasteiger partial charge in [-0.3, -0.25) is 9.52 Å². The van der Waals surface area contributed by atoms with E-state index in [0.29, 0.717) is 18.8 Å². The second-order valence-electron chi connectivity index (χ2n) is 8.26. The molecule has 12 heteroatoms. The molecule has 0 aliphatic carbocycles. The monoisotopic (exact) mass is 548 g/mol. The number of benzene rings is 2. The van der Waals surface area contributed by atoms with Crippen LogP contribution in [0.25, 0.3) is 0 Å². The number of rotatable bonds is 7. The fraction of sp³-hybridized carbons (Fsp3) is 0.250. The van der Waals surface area contributed by atoms with Gasteiger partial charge in [-0.25, -0.2) is 21.8 Å². The molecule has 2 N–H and O–H groups in total. The van der Waals surface area contributed by atoms with Gasteiger partial charge in [0.15, 0.2) is 0 Å². The molecule has 4 rings (SSSR count). The molecule has 190 valence electrons. The Morgan fingerprint density at radius 1 is 0.889 bits per heavy atom. The van der Waals surface area contributed by atoms with Gasteiger partial charge in [-0.1, -0.05) is 30.5 Å². The maximum Gasteiger partial charge on any atom is 0.263 e. The number of aromatic nitrogens is 1. The fourth-order valence-corrected chi connectivity index (χ4v) is 6.83. The van der Waals surface area contributed by atoms with Crippen LogP contribution in [-0.2, 0) is 20.0 Å². The van der Waals surface area contributed by atoms with E-state index in [2.05, 4.69) is 15.0 Å². The van der Waals surface area contributed by atoms with E-state index in [4.69, 9.17) is 11.6 Å². The predicted octanol–water partition coefficient (Wildman–Crippen LogP) is 4.35. The summed E-state index contributed by atoms with van der Waals surface area (Å²) in [6.07, 6.45) is 4.97. The number of nitrogens with one attached hydrogen (secondary N) is 2. The molecule has 0 atom stereocenters. The molecule has 0 saturated carbocycles. The smallest absolute Gasteiger partial charge is 0.263 e. The van der Waals surface area contributed by atoms with Crippen LogP contribution in [0.1, 0.15) is 36.0 Å². The zero-order chi connectivity index (χ0) is 25.8. The quantitative estimate of drug-likeness (QED) is 0.452. The second-order valence-corrected chi connectivity index (χ2v) is 12.3. The summed E-state index contributed by atoms with van der Waals surface area (Å²) in [5, 5.41) is 2.70. The van der Waals surface area contributed by atoms with Crippen LogP contribution in [0.3, 0.4) is 0 Å². The highest BCUT2D eigenvalue weighted by Gasteiger charge is 2.28. The molecule has 1 aliphatic rings. The van der Waals surface area contributed by atoms with Gasteiger partial charge in [-0.05, 0) is 67.4 Å². The van der Waals surface area contributed by atoms with Crippen molar-refractivity contribution in [3.8, 4) is 0 Å². The van der Waals surface area contributed by atoms with Gasteiger partial charge >= 0.3 is 0 Å². The van der Waals surface area contributed by atoms with E-state index >= 15 is 0 Å². The molecule has 1 fully saturated rings. The van der Waals surface area contributed by atoms with Gasteiger partial charge in [0.25, 0.3) is 15.9 Å².